The Balaban J connectivity index is 1.24. The molecule has 0 spiro atoms. The third kappa shape index (κ3) is 3.79. The quantitative estimate of drug-likeness (QED) is 0.249. The molecule has 6 atom stereocenters. The van der Waals surface area contributed by atoms with Crippen LogP contribution in [0.15, 0.2) is 72.3 Å². The zero-order valence-electron chi connectivity index (χ0n) is 25.0. The van der Waals surface area contributed by atoms with Crippen LogP contribution in [0.4, 0.5) is 11.4 Å². The van der Waals surface area contributed by atoms with Gasteiger partial charge in [0.05, 0.1) is 30.7 Å². The fraction of sp³-hybridized carbons (Fsp3) is 0.371. The fourth-order valence-corrected chi connectivity index (χ4v) is 9.54. The molecular weight excluding hydrogens is 629 g/mol. The number of carbonyl (C=O) groups is 4. The number of alkyl halides is 2. The molecule has 5 aliphatic rings. The van der Waals surface area contributed by atoms with Crippen molar-refractivity contribution in [2.45, 2.75) is 28.5 Å². The van der Waals surface area contributed by atoms with E-state index in [0.717, 1.165) is 29.1 Å². The SMILES string of the molecule is CN1C(=O)C2(Cl)CC3C(=CCC4C(=O)N(c5ccc(N6CCOCC6)cc5)C(=O)C43)C(c3c(O)ccc4ccccc34)C2(Cl)C1=O. The summed E-state index contributed by atoms with van der Waals surface area (Å²) in [5.74, 6) is -5.32. The van der Waals surface area contributed by atoms with E-state index in [4.69, 9.17) is 27.9 Å². The van der Waals surface area contributed by atoms with Crippen LogP contribution in [0.25, 0.3) is 10.8 Å². The van der Waals surface area contributed by atoms with Crippen LogP contribution in [0.5, 0.6) is 5.75 Å². The highest BCUT2D eigenvalue weighted by molar-refractivity contribution is 6.53. The molecule has 2 aliphatic carbocycles. The molecule has 3 aromatic carbocycles. The van der Waals surface area contributed by atoms with E-state index < -0.39 is 45.2 Å². The molecule has 1 N–H and O–H groups in total. The minimum Gasteiger partial charge on any atom is -0.508 e. The summed E-state index contributed by atoms with van der Waals surface area (Å²) in [5.41, 5.74) is 2.47. The summed E-state index contributed by atoms with van der Waals surface area (Å²) in [4.78, 5) is 56.6. The number of hydrogen-bond donors (Lipinski definition) is 1. The number of benzene rings is 3. The van der Waals surface area contributed by atoms with Gasteiger partial charge in [-0.2, -0.15) is 0 Å². The lowest BCUT2D eigenvalue weighted by atomic mass is 9.56. The topological polar surface area (TPSA) is 107 Å². The van der Waals surface area contributed by atoms with E-state index in [9.17, 15) is 24.3 Å². The molecular formula is C35H31Cl2N3O6. The van der Waals surface area contributed by atoms with Crippen molar-refractivity contribution < 1.29 is 29.0 Å². The van der Waals surface area contributed by atoms with Crippen LogP contribution in [0.3, 0.4) is 0 Å². The zero-order chi connectivity index (χ0) is 32.1. The average molecular weight is 661 g/mol. The Morgan fingerprint density at radius 2 is 1.54 bits per heavy atom. The smallest absolute Gasteiger partial charge is 0.253 e. The third-order valence-corrected chi connectivity index (χ3v) is 12.1. The highest BCUT2D eigenvalue weighted by Crippen LogP contribution is 2.66. The van der Waals surface area contributed by atoms with Gasteiger partial charge in [0.2, 0.25) is 11.8 Å². The molecule has 0 aromatic heterocycles. The summed E-state index contributed by atoms with van der Waals surface area (Å²) in [6.07, 6.45) is 2.01. The van der Waals surface area contributed by atoms with Crippen molar-refractivity contribution in [1.82, 2.24) is 4.90 Å². The first-order valence-corrected chi connectivity index (χ1v) is 16.2. The number of morpholine rings is 1. The van der Waals surface area contributed by atoms with Gasteiger partial charge in [-0.15, -0.1) is 23.2 Å². The minimum atomic E-state index is -1.97. The molecule has 1 saturated carbocycles. The zero-order valence-corrected chi connectivity index (χ0v) is 26.5. The molecule has 4 amide bonds. The Kier molecular flexibility index (Phi) is 6.59. The number of imide groups is 2. The number of fused-ring (bicyclic) bond motifs is 5. The summed E-state index contributed by atoms with van der Waals surface area (Å²) in [5, 5.41) is 12.9. The molecule has 46 heavy (non-hydrogen) atoms. The largest absolute Gasteiger partial charge is 0.508 e. The summed E-state index contributed by atoms with van der Waals surface area (Å²) in [6.45, 7) is 2.79. The first-order valence-electron chi connectivity index (χ1n) is 15.5. The number of phenols is 1. The number of carbonyl (C=O) groups excluding carboxylic acids is 4. The predicted octanol–water partition coefficient (Wildman–Crippen LogP) is 4.58. The van der Waals surface area contributed by atoms with E-state index in [0.29, 0.717) is 35.4 Å². The summed E-state index contributed by atoms with van der Waals surface area (Å²) < 4.78 is 5.45. The van der Waals surface area contributed by atoms with Crippen molar-refractivity contribution in [1.29, 1.82) is 0 Å². The second-order valence-electron chi connectivity index (χ2n) is 12.8. The van der Waals surface area contributed by atoms with E-state index in [1.165, 1.54) is 11.9 Å². The number of phenolic OH excluding ortho intramolecular Hbond substituents is 1. The van der Waals surface area contributed by atoms with Gasteiger partial charge in [0.15, 0.2) is 9.75 Å². The van der Waals surface area contributed by atoms with Gasteiger partial charge in [-0.3, -0.25) is 29.0 Å². The maximum Gasteiger partial charge on any atom is 0.253 e. The summed E-state index contributed by atoms with van der Waals surface area (Å²) in [6, 6.07) is 18.1. The van der Waals surface area contributed by atoms with Crippen LogP contribution in [0, 0.1) is 17.8 Å². The molecule has 3 saturated heterocycles. The Hall–Kier alpha value is -3.92. The van der Waals surface area contributed by atoms with Gasteiger partial charge in [-0.1, -0.05) is 42.0 Å². The van der Waals surface area contributed by atoms with Gasteiger partial charge in [0.25, 0.3) is 11.8 Å². The number of ether oxygens (including phenoxy) is 1. The fourth-order valence-electron chi connectivity index (χ4n) is 8.54. The van der Waals surface area contributed by atoms with Crippen molar-refractivity contribution in [3.63, 3.8) is 0 Å². The van der Waals surface area contributed by atoms with E-state index >= 15 is 0 Å². The number of nitrogens with zero attached hydrogens (tertiary/aromatic N) is 3. The van der Waals surface area contributed by atoms with Crippen LogP contribution in [-0.2, 0) is 23.9 Å². The highest BCUT2D eigenvalue weighted by atomic mass is 35.5. The number of halogens is 2. The van der Waals surface area contributed by atoms with Gasteiger partial charge < -0.3 is 14.7 Å². The molecule has 11 heteroatoms. The molecule has 3 heterocycles. The van der Waals surface area contributed by atoms with Crippen molar-refractivity contribution in [2.75, 3.05) is 43.2 Å². The Labute approximate surface area is 275 Å². The first kappa shape index (κ1) is 29.5. The summed E-state index contributed by atoms with van der Waals surface area (Å²) in [7, 11) is 1.35. The van der Waals surface area contributed by atoms with Gasteiger partial charge in [-0.25, -0.2) is 0 Å². The Bertz CT molecular complexity index is 1870. The number of hydrogen-bond acceptors (Lipinski definition) is 7. The van der Waals surface area contributed by atoms with Crippen molar-refractivity contribution in [3.05, 3.63) is 77.9 Å². The predicted molar refractivity (Wildman–Crippen MR) is 173 cm³/mol. The number of anilines is 2. The first-order chi connectivity index (χ1) is 22.1. The van der Waals surface area contributed by atoms with E-state index in [-0.39, 0.29) is 30.4 Å². The van der Waals surface area contributed by atoms with Gasteiger partial charge in [0, 0.05) is 37.3 Å². The Morgan fingerprint density at radius 3 is 2.28 bits per heavy atom. The van der Waals surface area contributed by atoms with Crippen molar-refractivity contribution in [3.8, 4) is 5.75 Å². The lowest BCUT2D eigenvalue weighted by Gasteiger charge is -2.51. The maximum absolute atomic E-state index is 14.4. The van der Waals surface area contributed by atoms with E-state index in [2.05, 4.69) is 4.90 Å². The third-order valence-electron chi connectivity index (χ3n) is 10.7. The minimum absolute atomic E-state index is 0.1000. The van der Waals surface area contributed by atoms with Crippen molar-refractivity contribution in [2.24, 2.45) is 17.8 Å². The van der Waals surface area contributed by atoms with Crippen LogP contribution in [-0.4, -0.2) is 76.7 Å². The molecule has 236 valence electrons. The molecule has 0 radical (unpaired) electrons. The van der Waals surface area contributed by atoms with Crippen molar-refractivity contribution >= 4 is 69.0 Å². The number of allylic oxidation sites excluding steroid dienone is 2. The second-order valence-corrected chi connectivity index (χ2v) is 14.1. The van der Waals surface area contributed by atoms with Crippen LogP contribution < -0.4 is 9.80 Å². The van der Waals surface area contributed by atoms with Crippen LogP contribution in [0.2, 0.25) is 0 Å². The molecule has 3 aliphatic heterocycles. The van der Waals surface area contributed by atoms with Crippen LogP contribution in [0.1, 0.15) is 24.3 Å². The monoisotopic (exact) mass is 659 g/mol. The number of amides is 4. The number of likely N-dealkylation sites (tertiary alicyclic amines) is 1. The number of aromatic hydroxyl groups is 1. The normalized spacial score (nSPS) is 32.5. The van der Waals surface area contributed by atoms with Gasteiger partial charge in [-0.05, 0) is 59.9 Å². The number of rotatable bonds is 3. The molecule has 8 rings (SSSR count). The molecule has 9 nitrogen and oxygen atoms in total. The van der Waals surface area contributed by atoms with E-state index in [1.54, 1.807) is 24.3 Å². The lowest BCUT2D eigenvalue weighted by molar-refractivity contribution is -0.138. The molecule has 0 bridgehead atoms. The molecule has 3 aromatic rings. The average Bonchev–Trinajstić information content (AvgIpc) is 3.40. The van der Waals surface area contributed by atoms with Gasteiger partial charge in [0.1, 0.15) is 5.75 Å². The van der Waals surface area contributed by atoms with Gasteiger partial charge >= 0.3 is 0 Å². The highest BCUT2D eigenvalue weighted by Gasteiger charge is 2.76. The van der Waals surface area contributed by atoms with E-state index in [1.807, 2.05) is 42.5 Å². The van der Waals surface area contributed by atoms with Crippen LogP contribution >= 0.6 is 23.2 Å². The lowest BCUT2D eigenvalue weighted by Crippen LogP contribution is -2.60. The molecule has 6 unspecified atom stereocenters. The standard InChI is InChI=1S/C35H31Cl2N3O6/c1-38-32(44)34(36)18-25-23(29(35(34,37)33(38)45)28-22-5-3-2-4-19(22)6-13-26(28)41)11-12-24-27(25)31(43)40(30(24)42)21-9-7-20(8-10-21)39-14-16-46-17-15-39/h2-11,13,24-25,27,29,41H,12,14-18H2,1H3. The second kappa shape index (κ2) is 10.3. The maximum atomic E-state index is 14.4. The molecule has 4 fully saturated rings. The Morgan fingerprint density at radius 1 is 0.848 bits per heavy atom. The summed E-state index contributed by atoms with van der Waals surface area (Å²) >= 11 is 14.7.